The second kappa shape index (κ2) is 15.0. The number of carbonyl (C=O) groups excluding carboxylic acids is 3. The number of nitro benzene ring substituents is 1. The first kappa shape index (κ1) is 31.9. The summed E-state index contributed by atoms with van der Waals surface area (Å²) in [4.78, 5) is 55.2. The maximum atomic E-state index is 13.3. The van der Waals surface area contributed by atoms with E-state index in [1.54, 1.807) is 78.2 Å². The van der Waals surface area contributed by atoms with Crippen molar-refractivity contribution in [1.82, 2.24) is 10.3 Å². The molecule has 3 aromatic carbocycles. The summed E-state index contributed by atoms with van der Waals surface area (Å²) in [6.07, 6.45) is 3.42. The maximum Gasteiger partial charge on any atom is 0.272 e. The van der Waals surface area contributed by atoms with Gasteiger partial charge in [-0.1, -0.05) is 43.3 Å². The van der Waals surface area contributed by atoms with E-state index in [4.69, 9.17) is 4.42 Å². The summed E-state index contributed by atoms with van der Waals surface area (Å²) in [5, 5.41) is 21.1. The third kappa shape index (κ3) is 8.34. The summed E-state index contributed by atoms with van der Waals surface area (Å²) in [6.45, 7) is 1.89. The van der Waals surface area contributed by atoms with E-state index in [0.717, 1.165) is 4.90 Å². The number of rotatable bonds is 12. The van der Waals surface area contributed by atoms with Crippen molar-refractivity contribution in [3.63, 3.8) is 0 Å². The van der Waals surface area contributed by atoms with E-state index in [1.807, 2.05) is 13.0 Å². The highest BCUT2D eigenvalue weighted by molar-refractivity contribution is 8.00. The molecule has 46 heavy (non-hydrogen) atoms. The van der Waals surface area contributed by atoms with Crippen LogP contribution in [0.4, 0.5) is 16.5 Å². The molecular formula is C33H27N5O6S2. The predicted molar refractivity (Wildman–Crippen MR) is 178 cm³/mol. The Bertz CT molecular complexity index is 1890. The largest absolute Gasteiger partial charge is 0.465 e. The van der Waals surface area contributed by atoms with Crippen molar-refractivity contribution in [2.45, 2.75) is 23.5 Å². The van der Waals surface area contributed by atoms with Crippen molar-refractivity contribution >= 4 is 63.4 Å². The van der Waals surface area contributed by atoms with Gasteiger partial charge < -0.3 is 20.4 Å². The highest BCUT2D eigenvalue weighted by Crippen LogP contribution is 2.31. The molecule has 2 aromatic heterocycles. The molecule has 0 saturated carbocycles. The molecule has 0 saturated heterocycles. The first-order valence-electron chi connectivity index (χ1n) is 14.0. The van der Waals surface area contributed by atoms with Crippen molar-refractivity contribution in [2.24, 2.45) is 0 Å². The molecular weight excluding hydrogens is 627 g/mol. The van der Waals surface area contributed by atoms with Gasteiger partial charge >= 0.3 is 0 Å². The van der Waals surface area contributed by atoms with Gasteiger partial charge in [0.25, 0.3) is 17.5 Å². The summed E-state index contributed by atoms with van der Waals surface area (Å²) in [7, 11) is 0. The molecule has 0 fully saturated rings. The molecule has 3 N–H and O–H groups in total. The van der Waals surface area contributed by atoms with Crippen molar-refractivity contribution in [3.05, 3.63) is 130 Å². The topological polar surface area (TPSA) is 156 Å². The molecule has 0 aliphatic heterocycles. The smallest absolute Gasteiger partial charge is 0.272 e. The van der Waals surface area contributed by atoms with E-state index < -0.39 is 22.0 Å². The Hall–Kier alpha value is -5.53. The van der Waals surface area contributed by atoms with Crippen LogP contribution in [0.25, 0.3) is 17.3 Å². The number of carbonyl (C=O) groups is 3. The number of anilines is 2. The number of thiazole rings is 1. The first-order valence-corrected chi connectivity index (χ1v) is 15.8. The fraction of sp³-hybridized carbons (Fsp3) is 0.0909. The summed E-state index contributed by atoms with van der Waals surface area (Å²) in [5.41, 5.74) is 1.90. The zero-order valence-corrected chi connectivity index (χ0v) is 26.0. The Morgan fingerprint density at radius 2 is 1.80 bits per heavy atom. The number of amides is 3. The zero-order chi connectivity index (χ0) is 32.5. The molecule has 0 radical (unpaired) electrons. The number of hydrogen-bond donors (Lipinski definition) is 3. The second-order valence-corrected chi connectivity index (χ2v) is 11.9. The lowest BCUT2D eigenvalue weighted by Gasteiger charge is -2.15. The Morgan fingerprint density at radius 3 is 2.54 bits per heavy atom. The van der Waals surface area contributed by atoms with Crippen molar-refractivity contribution in [1.29, 1.82) is 0 Å². The van der Waals surface area contributed by atoms with Crippen LogP contribution in [0.2, 0.25) is 0 Å². The van der Waals surface area contributed by atoms with E-state index in [2.05, 4.69) is 20.9 Å². The minimum Gasteiger partial charge on any atom is -0.465 e. The Balaban J connectivity index is 1.25. The number of benzene rings is 3. The number of non-ortho nitro benzene ring substituents is 1. The molecule has 1 atom stereocenters. The Kier molecular flexibility index (Phi) is 10.4. The van der Waals surface area contributed by atoms with Gasteiger partial charge in [0.05, 0.1) is 22.1 Å². The molecule has 0 aliphatic carbocycles. The lowest BCUT2D eigenvalue weighted by atomic mass is 10.1. The van der Waals surface area contributed by atoms with E-state index in [9.17, 15) is 24.5 Å². The lowest BCUT2D eigenvalue weighted by Crippen LogP contribution is -2.30. The van der Waals surface area contributed by atoms with Crippen LogP contribution in [-0.2, 0) is 9.59 Å². The highest BCUT2D eigenvalue weighted by atomic mass is 32.2. The average molecular weight is 654 g/mol. The van der Waals surface area contributed by atoms with Crippen molar-refractivity contribution in [2.75, 3.05) is 10.6 Å². The number of thioether (sulfide) groups is 1. The van der Waals surface area contributed by atoms with Gasteiger partial charge in [0.15, 0.2) is 5.13 Å². The quantitative estimate of drug-likeness (QED) is 0.0551. The van der Waals surface area contributed by atoms with Gasteiger partial charge in [0.2, 0.25) is 5.91 Å². The van der Waals surface area contributed by atoms with Gasteiger partial charge in [0, 0.05) is 45.3 Å². The number of furan rings is 1. The predicted octanol–water partition coefficient (Wildman–Crippen LogP) is 7.23. The molecule has 13 heteroatoms. The van der Waals surface area contributed by atoms with Crippen LogP contribution in [0, 0.1) is 10.1 Å². The number of nitrogens with zero attached hydrogens (tertiary/aromatic N) is 2. The summed E-state index contributed by atoms with van der Waals surface area (Å²) in [6, 6.07) is 25.0. The summed E-state index contributed by atoms with van der Waals surface area (Å²) in [5.74, 6) is -0.880. The minimum atomic E-state index is -0.559. The standard InChI is InChI=1S/C33H27N5O6S2/c1-2-29(32(41)37-33-36-28(20-45-33)22-11-6-13-24(17-22)38(42)43)46-26-15-7-12-23(18-26)34-31(40)27(19-25-14-8-16-44-25)35-30(39)21-9-4-3-5-10-21/h3-20,29H,2H2,1H3,(H,34,40)(H,35,39)(H,36,37,41)/b27-19-. The number of nitrogens with one attached hydrogen (secondary N) is 3. The van der Waals surface area contributed by atoms with Crippen LogP contribution in [0.3, 0.4) is 0 Å². The molecule has 2 heterocycles. The summed E-state index contributed by atoms with van der Waals surface area (Å²) < 4.78 is 5.35. The third-order valence-corrected chi connectivity index (χ3v) is 8.59. The average Bonchev–Trinajstić information content (AvgIpc) is 3.76. The number of nitro groups is 1. The maximum absolute atomic E-state index is 13.3. The lowest BCUT2D eigenvalue weighted by molar-refractivity contribution is -0.384. The van der Waals surface area contributed by atoms with Crippen LogP contribution in [-0.4, -0.2) is 32.9 Å². The van der Waals surface area contributed by atoms with Crippen LogP contribution in [0.1, 0.15) is 29.5 Å². The molecule has 232 valence electrons. The third-order valence-electron chi connectivity index (χ3n) is 6.48. The number of hydrogen-bond acceptors (Lipinski definition) is 9. The molecule has 1 unspecified atom stereocenters. The van der Waals surface area contributed by atoms with Gasteiger partial charge in [-0.3, -0.25) is 24.5 Å². The van der Waals surface area contributed by atoms with Crippen molar-refractivity contribution in [3.8, 4) is 11.3 Å². The van der Waals surface area contributed by atoms with E-state index >= 15 is 0 Å². The van der Waals surface area contributed by atoms with Gasteiger partial charge in [-0.25, -0.2) is 4.98 Å². The monoisotopic (exact) mass is 653 g/mol. The normalized spacial score (nSPS) is 11.8. The number of aromatic nitrogens is 1. The highest BCUT2D eigenvalue weighted by Gasteiger charge is 2.21. The molecule has 0 aliphatic rings. The van der Waals surface area contributed by atoms with E-state index in [-0.39, 0.29) is 17.3 Å². The molecule has 0 spiro atoms. The summed E-state index contributed by atoms with van der Waals surface area (Å²) >= 11 is 2.55. The molecule has 5 rings (SSSR count). The molecule has 5 aromatic rings. The zero-order valence-electron chi connectivity index (χ0n) is 24.3. The minimum absolute atomic E-state index is 0.0133. The molecule has 11 nitrogen and oxygen atoms in total. The van der Waals surface area contributed by atoms with Gasteiger partial charge in [-0.05, 0) is 48.9 Å². The Morgan fingerprint density at radius 1 is 1.00 bits per heavy atom. The van der Waals surface area contributed by atoms with E-state index in [1.165, 1.54) is 47.6 Å². The molecule has 0 bridgehead atoms. The van der Waals surface area contributed by atoms with Crippen LogP contribution >= 0.6 is 23.1 Å². The Labute approximate surface area is 271 Å². The van der Waals surface area contributed by atoms with Crippen LogP contribution < -0.4 is 16.0 Å². The van der Waals surface area contributed by atoms with Gasteiger partial charge in [0.1, 0.15) is 11.5 Å². The van der Waals surface area contributed by atoms with Gasteiger partial charge in [-0.2, -0.15) is 0 Å². The van der Waals surface area contributed by atoms with Gasteiger partial charge in [-0.15, -0.1) is 23.1 Å². The van der Waals surface area contributed by atoms with Crippen LogP contribution in [0.15, 0.2) is 118 Å². The fourth-order valence-electron chi connectivity index (χ4n) is 4.22. The molecule has 3 amide bonds. The SMILES string of the molecule is CCC(Sc1cccc(NC(=O)/C(=C/c2ccco2)NC(=O)c2ccccc2)c1)C(=O)Nc1nc(-c2cccc([N+](=O)[O-])c2)cs1. The van der Waals surface area contributed by atoms with Crippen molar-refractivity contribution < 1.29 is 23.7 Å². The van der Waals surface area contributed by atoms with Crippen LogP contribution in [0.5, 0.6) is 0 Å². The second-order valence-electron chi connectivity index (χ2n) is 9.72. The first-order chi connectivity index (χ1) is 22.3. The fourth-order valence-corrected chi connectivity index (χ4v) is 5.95. The van der Waals surface area contributed by atoms with E-state index in [0.29, 0.717) is 39.8 Å².